The zero-order valence-electron chi connectivity index (χ0n) is 10.8. The third-order valence-corrected chi connectivity index (χ3v) is 2.59. The van der Waals surface area contributed by atoms with Crippen LogP contribution in [0.25, 0.3) is 0 Å². The fraction of sp³-hybridized carbons (Fsp3) is 0.636. The van der Waals surface area contributed by atoms with Gasteiger partial charge in [0.25, 0.3) is 0 Å². The van der Waals surface area contributed by atoms with E-state index in [2.05, 4.69) is 16.0 Å². The summed E-state index contributed by atoms with van der Waals surface area (Å²) in [6, 6.07) is -1.89. The van der Waals surface area contributed by atoms with E-state index in [-0.39, 0.29) is 24.9 Å². The second kappa shape index (κ2) is 7.31. The largest absolute Gasteiger partial charge is 0.480 e. The molecule has 1 atom stereocenters. The van der Waals surface area contributed by atoms with Gasteiger partial charge in [-0.05, 0) is 12.8 Å². The summed E-state index contributed by atoms with van der Waals surface area (Å²) in [4.78, 5) is 44.1. The van der Waals surface area contributed by atoms with Crippen LogP contribution >= 0.6 is 0 Å². The van der Waals surface area contributed by atoms with Crippen molar-refractivity contribution in [3.05, 3.63) is 0 Å². The van der Waals surface area contributed by atoms with Crippen LogP contribution in [0.2, 0.25) is 0 Å². The summed E-state index contributed by atoms with van der Waals surface area (Å²) >= 11 is 0. The van der Waals surface area contributed by atoms with Crippen molar-refractivity contribution in [2.24, 2.45) is 5.73 Å². The van der Waals surface area contributed by atoms with Crippen LogP contribution in [0, 0.1) is 0 Å². The Kier molecular flexibility index (Phi) is 5.75. The van der Waals surface area contributed by atoms with Gasteiger partial charge in [-0.3, -0.25) is 9.59 Å². The molecule has 6 N–H and O–H groups in total. The fourth-order valence-corrected chi connectivity index (χ4v) is 1.43. The van der Waals surface area contributed by atoms with Crippen LogP contribution in [0.5, 0.6) is 0 Å². The summed E-state index contributed by atoms with van der Waals surface area (Å²) in [5.41, 5.74) is 4.87. The van der Waals surface area contributed by atoms with Gasteiger partial charge < -0.3 is 26.8 Å². The maximum Gasteiger partial charge on any atom is 0.326 e. The lowest BCUT2D eigenvalue weighted by atomic mass is 10.2. The van der Waals surface area contributed by atoms with Crippen molar-refractivity contribution in [3.8, 4) is 0 Å². The van der Waals surface area contributed by atoms with Crippen molar-refractivity contribution in [3.63, 3.8) is 0 Å². The highest BCUT2D eigenvalue weighted by Crippen LogP contribution is 2.18. The Morgan fingerprint density at radius 1 is 1.25 bits per heavy atom. The Balaban J connectivity index is 2.21. The lowest BCUT2D eigenvalue weighted by Gasteiger charge is -2.13. The topological polar surface area (TPSA) is 151 Å². The minimum Gasteiger partial charge on any atom is -0.480 e. The van der Waals surface area contributed by atoms with Crippen LogP contribution in [-0.2, 0) is 14.4 Å². The van der Waals surface area contributed by atoms with Crippen molar-refractivity contribution in [1.82, 2.24) is 16.0 Å². The third kappa shape index (κ3) is 6.57. The lowest BCUT2D eigenvalue weighted by molar-refractivity contribution is -0.140. The number of urea groups is 1. The summed E-state index contributed by atoms with van der Waals surface area (Å²) in [5, 5.41) is 16.0. The number of hydrogen-bond acceptors (Lipinski definition) is 4. The zero-order valence-corrected chi connectivity index (χ0v) is 10.8. The van der Waals surface area contributed by atoms with Crippen LogP contribution in [-0.4, -0.2) is 47.5 Å². The number of carbonyl (C=O) groups excluding carboxylic acids is 3. The first-order chi connectivity index (χ1) is 9.38. The number of hydrogen-bond donors (Lipinski definition) is 5. The molecule has 112 valence electrons. The summed E-state index contributed by atoms with van der Waals surface area (Å²) < 4.78 is 0. The first-order valence-corrected chi connectivity index (χ1v) is 6.23. The number of carboxylic acids is 1. The van der Waals surface area contributed by atoms with Crippen molar-refractivity contribution < 1.29 is 24.3 Å². The number of primary amides is 1. The highest BCUT2D eigenvalue weighted by molar-refractivity contribution is 5.87. The van der Waals surface area contributed by atoms with E-state index in [4.69, 9.17) is 10.8 Å². The van der Waals surface area contributed by atoms with Crippen LogP contribution in [0.4, 0.5) is 4.79 Å². The van der Waals surface area contributed by atoms with Crippen LogP contribution in [0.1, 0.15) is 25.7 Å². The fourth-order valence-electron chi connectivity index (χ4n) is 1.43. The van der Waals surface area contributed by atoms with Gasteiger partial charge in [-0.1, -0.05) is 0 Å². The van der Waals surface area contributed by atoms with Crippen molar-refractivity contribution in [2.45, 2.75) is 37.8 Å². The normalized spacial score (nSPS) is 15.0. The smallest absolute Gasteiger partial charge is 0.326 e. The number of rotatable bonds is 8. The first kappa shape index (κ1) is 15.7. The molecular formula is C11H18N4O5. The number of carboxylic acid groups (broad SMARTS) is 1. The Labute approximate surface area is 115 Å². The lowest BCUT2D eigenvalue weighted by Crippen LogP contribution is -2.48. The van der Waals surface area contributed by atoms with Gasteiger partial charge in [-0.15, -0.1) is 0 Å². The van der Waals surface area contributed by atoms with Gasteiger partial charge in [-0.2, -0.15) is 0 Å². The molecule has 1 aliphatic rings. The van der Waals surface area contributed by atoms with E-state index in [0.29, 0.717) is 0 Å². The molecular weight excluding hydrogens is 268 g/mol. The first-order valence-electron chi connectivity index (χ1n) is 6.23. The van der Waals surface area contributed by atoms with Gasteiger partial charge in [-0.25, -0.2) is 9.59 Å². The molecule has 0 heterocycles. The minimum atomic E-state index is -1.38. The number of carbonyl (C=O) groups is 4. The molecule has 1 aliphatic carbocycles. The maximum absolute atomic E-state index is 11.4. The van der Waals surface area contributed by atoms with Gasteiger partial charge in [0.2, 0.25) is 11.8 Å². The summed E-state index contributed by atoms with van der Waals surface area (Å²) in [6.07, 6.45) is 1.57. The molecule has 0 aromatic carbocycles. The van der Waals surface area contributed by atoms with Crippen molar-refractivity contribution in [1.29, 1.82) is 0 Å². The highest BCUT2D eigenvalue weighted by atomic mass is 16.4. The summed E-state index contributed by atoms with van der Waals surface area (Å²) in [7, 11) is 0. The predicted octanol–water partition coefficient (Wildman–Crippen LogP) is -1.72. The molecule has 0 radical (unpaired) electrons. The number of aliphatic carboxylic acids is 1. The minimum absolute atomic E-state index is 0.0767. The molecule has 1 saturated carbocycles. The molecule has 4 amide bonds. The maximum atomic E-state index is 11.4. The monoisotopic (exact) mass is 286 g/mol. The van der Waals surface area contributed by atoms with E-state index in [1.165, 1.54) is 0 Å². The molecule has 0 aromatic rings. The Morgan fingerprint density at radius 3 is 2.40 bits per heavy atom. The zero-order chi connectivity index (χ0) is 15.1. The number of nitrogens with two attached hydrogens (primary N) is 1. The van der Waals surface area contributed by atoms with Gasteiger partial charge >= 0.3 is 12.0 Å². The molecule has 1 fully saturated rings. The Morgan fingerprint density at radius 2 is 1.90 bits per heavy atom. The summed E-state index contributed by atoms with van der Waals surface area (Å²) in [6.45, 7) is 0.0767. The average molecular weight is 286 g/mol. The standard InChI is InChI=1S/C11H18N4O5/c12-8(16)5-7(10(18)19)15-11(20)13-4-3-9(17)14-6-1-2-6/h6-7H,1-5H2,(H2,12,16)(H,14,17)(H,18,19)(H2,13,15,20)/t7-/m1/s1. The molecule has 0 unspecified atom stereocenters. The van der Waals surface area contributed by atoms with E-state index in [9.17, 15) is 19.2 Å². The van der Waals surface area contributed by atoms with Crippen molar-refractivity contribution >= 4 is 23.8 Å². The molecule has 0 spiro atoms. The van der Waals surface area contributed by atoms with Gasteiger partial charge in [0.05, 0.1) is 6.42 Å². The number of amides is 4. The predicted molar refractivity (Wildman–Crippen MR) is 67.6 cm³/mol. The molecule has 9 nitrogen and oxygen atoms in total. The van der Waals surface area contributed by atoms with Crippen LogP contribution in [0.15, 0.2) is 0 Å². The van der Waals surface area contributed by atoms with E-state index in [0.717, 1.165) is 12.8 Å². The molecule has 9 heteroatoms. The highest BCUT2D eigenvalue weighted by Gasteiger charge is 2.23. The van der Waals surface area contributed by atoms with Gasteiger partial charge in [0.15, 0.2) is 0 Å². The van der Waals surface area contributed by atoms with E-state index in [1.807, 2.05) is 0 Å². The van der Waals surface area contributed by atoms with E-state index >= 15 is 0 Å². The molecule has 0 saturated heterocycles. The Hall–Kier alpha value is -2.32. The SMILES string of the molecule is NC(=O)C[C@@H](NC(=O)NCCC(=O)NC1CC1)C(=O)O. The van der Waals surface area contributed by atoms with Crippen LogP contribution in [0.3, 0.4) is 0 Å². The second-order valence-electron chi connectivity index (χ2n) is 4.55. The van der Waals surface area contributed by atoms with Crippen LogP contribution < -0.4 is 21.7 Å². The molecule has 0 aromatic heterocycles. The molecule has 0 aliphatic heterocycles. The molecule has 0 bridgehead atoms. The van der Waals surface area contributed by atoms with Crippen molar-refractivity contribution in [2.75, 3.05) is 6.54 Å². The van der Waals surface area contributed by atoms with Gasteiger partial charge in [0, 0.05) is 19.0 Å². The number of nitrogens with one attached hydrogen (secondary N) is 3. The van der Waals surface area contributed by atoms with E-state index < -0.39 is 30.4 Å². The molecule has 20 heavy (non-hydrogen) atoms. The quantitative estimate of drug-likeness (QED) is 0.359. The second-order valence-corrected chi connectivity index (χ2v) is 4.55. The van der Waals surface area contributed by atoms with Gasteiger partial charge in [0.1, 0.15) is 6.04 Å². The summed E-state index contributed by atoms with van der Waals surface area (Å²) in [5.74, 6) is -2.35. The van der Waals surface area contributed by atoms with E-state index in [1.54, 1.807) is 0 Å². The average Bonchev–Trinajstić information content (AvgIpc) is 3.11. The molecule has 1 rings (SSSR count). The third-order valence-electron chi connectivity index (χ3n) is 2.59. The Bertz CT molecular complexity index is 408.